The Kier molecular flexibility index (Phi) is 8.10. The minimum absolute atomic E-state index is 0.280. The van der Waals surface area contributed by atoms with Gasteiger partial charge in [0.05, 0.1) is 5.57 Å². The molecule has 0 aromatic heterocycles. The number of hydrogen-bond donors (Lipinski definition) is 1. The van der Waals surface area contributed by atoms with Gasteiger partial charge in [0.2, 0.25) is 0 Å². The van der Waals surface area contributed by atoms with Crippen LogP contribution in [0.15, 0.2) is 42.1 Å². The van der Waals surface area contributed by atoms with Crippen molar-refractivity contribution in [1.29, 1.82) is 0 Å². The van der Waals surface area contributed by atoms with E-state index in [2.05, 4.69) is 12.2 Å². The molecule has 0 spiro atoms. The fourth-order valence-electron chi connectivity index (χ4n) is 3.79. The normalized spacial score (nSPS) is 14.0. The molecule has 0 atom stereocenters. The Bertz CT molecular complexity index is 1050. The van der Waals surface area contributed by atoms with Gasteiger partial charge in [-0.25, -0.2) is 0 Å². The first-order valence-electron chi connectivity index (χ1n) is 11.1. The van der Waals surface area contributed by atoms with E-state index >= 15 is 0 Å². The van der Waals surface area contributed by atoms with E-state index in [4.69, 9.17) is 16.3 Å². The van der Waals surface area contributed by atoms with Gasteiger partial charge >= 0.3 is 0 Å². The average Bonchev–Trinajstić information content (AvgIpc) is 2.98. The maximum Gasteiger partial charge on any atom is 0.278 e. The highest BCUT2D eigenvalue weighted by Gasteiger charge is 2.39. The van der Waals surface area contributed by atoms with Crippen LogP contribution in [-0.2, 0) is 14.3 Å². The zero-order chi connectivity index (χ0) is 23.3. The van der Waals surface area contributed by atoms with Crippen LogP contribution in [0, 0.1) is 20.8 Å². The van der Waals surface area contributed by atoms with E-state index in [1.54, 1.807) is 6.07 Å². The molecule has 1 aliphatic rings. The lowest BCUT2D eigenvalue weighted by Gasteiger charge is -2.16. The number of carbonyl (C=O) groups is 2. The molecule has 2 aromatic rings. The highest BCUT2D eigenvalue weighted by atomic mass is 35.5. The number of carbonyl (C=O) groups excluding carboxylic acids is 2. The van der Waals surface area contributed by atoms with Crippen molar-refractivity contribution in [2.24, 2.45) is 0 Å². The molecule has 6 heteroatoms. The van der Waals surface area contributed by atoms with Crippen LogP contribution in [0.2, 0.25) is 5.02 Å². The number of ether oxygens (including phenoxy) is 1. The number of imide groups is 1. The number of unbranched alkanes of at least 4 members (excludes halogenated alkanes) is 1. The van der Waals surface area contributed by atoms with Crippen molar-refractivity contribution >= 4 is 34.7 Å². The van der Waals surface area contributed by atoms with Crippen LogP contribution in [0.5, 0.6) is 0 Å². The summed E-state index contributed by atoms with van der Waals surface area (Å²) >= 11 is 6.28. The molecule has 3 rings (SSSR count). The molecule has 0 fully saturated rings. The van der Waals surface area contributed by atoms with Gasteiger partial charge in [0, 0.05) is 30.5 Å². The topological polar surface area (TPSA) is 58.6 Å². The largest absolute Gasteiger partial charge is 0.381 e. The van der Waals surface area contributed by atoms with Gasteiger partial charge in [-0.05, 0) is 62.4 Å². The number of nitrogens with zero attached hydrogens (tertiary/aromatic N) is 1. The molecule has 5 nitrogen and oxygen atoms in total. The highest BCUT2D eigenvalue weighted by molar-refractivity contribution is 6.37. The predicted molar refractivity (Wildman–Crippen MR) is 130 cm³/mol. The molecular formula is C26H31ClN2O3. The van der Waals surface area contributed by atoms with Crippen molar-refractivity contribution in [3.8, 4) is 0 Å². The van der Waals surface area contributed by atoms with E-state index in [0.29, 0.717) is 48.2 Å². The monoisotopic (exact) mass is 454 g/mol. The van der Waals surface area contributed by atoms with Crippen LogP contribution in [-0.4, -0.2) is 36.5 Å². The summed E-state index contributed by atoms with van der Waals surface area (Å²) < 4.78 is 5.61. The van der Waals surface area contributed by atoms with Crippen LogP contribution in [0.3, 0.4) is 0 Å². The van der Waals surface area contributed by atoms with Crippen LogP contribution >= 0.6 is 11.6 Å². The maximum atomic E-state index is 13.4. The minimum atomic E-state index is -0.321. The highest BCUT2D eigenvalue weighted by Crippen LogP contribution is 2.34. The van der Waals surface area contributed by atoms with E-state index in [0.717, 1.165) is 35.1 Å². The maximum absolute atomic E-state index is 13.4. The lowest BCUT2D eigenvalue weighted by Crippen LogP contribution is -2.34. The molecule has 0 radical (unpaired) electrons. The molecule has 1 heterocycles. The molecule has 2 amide bonds. The van der Waals surface area contributed by atoms with Gasteiger partial charge in [0.15, 0.2) is 0 Å². The molecule has 0 bridgehead atoms. The lowest BCUT2D eigenvalue weighted by molar-refractivity contribution is -0.137. The fourth-order valence-corrected chi connectivity index (χ4v) is 3.96. The zero-order valence-corrected chi connectivity index (χ0v) is 20.0. The summed E-state index contributed by atoms with van der Waals surface area (Å²) in [5.41, 5.74) is 5.04. The number of halogens is 1. The first-order valence-corrected chi connectivity index (χ1v) is 11.5. The standard InChI is InChI=1S/C26H31ClN2O3/c1-5-6-14-32-15-8-13-29-25(30)23(20-12-11-17(2)16-18(20)3)24(26(29)31)28-22-10-7-9-21(27)19(22)4/h7,9-12,16,28H,5-6,8,13-15H2,1-4H3. The Morgan fingerprint density at radius 1 is 1.00 bits per heavy atom. The van der Waals surface area contributed by atoms with Crippen LogP contribution in [0.1, 0.15) is 48.4 Å². The summed E-state index contributed by atoms with van der Waals surface area (Å²) in [6.45, 7) is 9.50. The van der Waals surface area contributed by atoms with Gasteiger partial charge in [-0.15, -0.1) is 0 Å². The average molecular weight is 455 g/mol. The Labute approximate surface area is 195 Å². The van der Waals surface area contributed by atoms with Crippen molar-refractivity contribution in [3.63, 3.8) is 0 Å². The number of rotatable bonds is 10. The second kappa shape index (κ2) is 10.8. The Balaban J connectivity index is 1.91. The van der Waals surface area contributed by atoms with Crippen LogP contribution in [0.25, 0.3) is 5.57 Å². The number of hydrogen-bond acceptors (Lipinski definition) is 4. The second-order valence-electron chi connectivity index (χ2n) is 8.19. The number of amides is 2. The second-order valence-corrected chi connectivity index (χ2v) is 8.59. The molecule has 1 N–H and O–H groups in total. The number of benzene rings is 2. The summed E-state index contributed by atoms with van der Waals surface area (Å²) in [5.74, 6) is -0.601. The molecule has 0 unspecified atom stereocenters. The van der Waals surface area contributed by atoms with Crippen LogP contribution in [0.4, 0.5) is 5.69 Å². The Morgan fingerprint density at radius 3 is 2.47 bits per heavy atom. The first kappa shape index (κ1) is 24.0. The van der Waals surface area contributed by atoms with Crippen molar-refractivity contribution in [3.05, 3.63) is 69.4 Å². The van der Waals surface area contributed by atoms with Gasteiger partial charge in [0.25, 0.3) is 11.8 Å². The molecule has 32 heavy (non-hydrogen) atoms. The molecule has 0 saturated carbocycles. The SMILES string of the molecule is CCCCOCCCN1C(=O)C(Nc2cccc(Cl)c2C)=C(c2ccc(C)cc2C)C1=O. The molecule has 2 aromatic carbocycles. The number of aryl methyl sites for hydroxylation is 2. The number of nitrogens with one attached hydrogen (secondary N) is 1. The molecular weight excluding hydrogens is 424 g/mol. The molecule has 1 aliphatic heterocycles. The summed E-state index contributed by atoms with van der Waals surface area (Å²) in [5, 5.41) is 3.82. The minimum Gasteiger partial charge on any atom is -0.381 e. The Hall–Kier alpha value is -2.63. The van der Waals surface area contributed by atoms with Gasteiger partial charge in [0.1, 0.15) is 5.70 Å². The van der Waals surface area contributed by atoms with Crippen molar-refractivity contribution in [1.82, 2.24) is 4.90 Å². The van der Waals surface area contributed by atoms with Gasteiger partial charge in [-0.1, -0.05) is 54.8 Å². The summed E-state index contributed by atoms with van der Waals surface area (Å²) in [6.07, 6.45) is 2.68. The first-order chi connectivity index (χ1) is 15.3. The fraction of sp³-hybridized carbons (Fsp3) is 0.385. The lowest BCUT2D eigenvalue weighted by atomic mass is 9.97. The summed E-state index contributed by atoms with van der Waals surface area (Å²) in [6, 6.07) is 11.4. The smallest absolute Gasteiger partial charge is 0.278 e. The van der Waals surface area contributed by atoms with E-state index in [1.807, 2.05) is 51.1 Å². The molecule has 170 valence electrons. The predicted octanol–water partition coefficient (Wildman–Crippen LogP) is 5.66. The summed E-state index contributed by atoms with van der Waals surface area (Å²) in [4.78, 5) is 28.1. The van der Waals surface area contributed by atoms with Crippen molar-refractivity contribution < 1.29 is 14.3 Å². The van der Waals surface area contributed by atoms with Gasteiger partial charge < -0.3 is 10.1 Å². The summed E-state index contributed by atoms with van der Waals surface area (Å²) in [7, 11) is 0. The Morgan fingerprint density at radius 2 is 1.75 bits per heavy atom. The third-order valence-electron chi connectivity index (χ3n) is 5.66. The third kappa shape index (κ3) is 5.22. The zero-order valence-electron chi connectivity index (χ0n) is 19.3. The van der Waals surface area contributed by atoms with Crippen molar-refractivity contribution in [2.45, 2.75) is 47.0 Å². The van der Waals surface area contributed by atoms with Gasteiger partial charge in [-0.2, -0.15) is 0 Å². The van der Waals surface area contributed by atoms with E-state index in [-0.39, 0.29) is 11.8 Å². The van der Waals surface area contributed by atoms with Gasteiger partial charge in [-0.3, -0.25) is 14.5 Å². The number of anilines is 1. The van der Waals surface area contributed by atoms with Crippen LogP contribution < -0.4 is 5.32 Å². The van der Waals surface area contributed by atoms with E-state index in [9.17, 15) is 9.59 Å². The van der Waals surface area contributed by atoms with Crippen molar-refractivity contribution in [2.75, 3.05) is 25.1 Å². The third-order valence-corrected chi connectivity index (χ3v) is 6.07. The molecule has 0 aliphatic carbocycles. The quantitative estimate of drug-likeness (QED) is 0.371. The van der Waals surface area contributed by atoms with E-state index in [1.165, 1.54) is 4.90 Å². The molecule has 0 saturated heterocycles. The van der Waals surface area contributed by atoms with E-state index < -0.39 is 0 Å².